The third-order valence-corrected chi connectivity index (χ3v) is 4.77. The maximum absolute atomic E-state index is 13.1. The van der Waals surface area contributed by atoms with Gasteiger partial charge < -0.3 is 9.64 Å². The second-order valence-electron chi connectivity index (χ2n) is 6.13. The number of halogens is 2. The van der Waals surface area contributed by atoms with E-state index in [1.54, 1.807) is 11.0 Å². The monoisotopic (exact) mass is 380 g/mol. The van der Waals surface area contributed by atoms with Crippen molar-refractivity contribution in [2.75, 3.05) is 20.2 Å². The maximum Gasteiger partial charge on any atom is 0.308 e. The summed E-state index contributed by atoms with van der Waals surface area (Å²) in [6, 6.07) is 4.11. The van der Waals surface area contributed by atoms with Crippen molar-refractivity contribution in [3.8, 4) is 0 Å². The van der Waals surface area contributed by atoms with Crippen LogP contribution in [0.3, 0.4) is 0 Å². The van der Waals surface area contributed by atoms with Crippen molar-refractivity contribution in [2.45, 2.75) is 19.4 Å². The highest BCUT2D eigenvalue weighted by Crippen LogP contribution is 2.20. The van der Waals surface area contributed by atoms with Crippen LogP contribution in [0.4, 0.5) is 4.39 Å². The third kappa shape index (κ3) is 4.01. The molecule has 1 aliphatic rings. The number of ether oxygens (including phenoxy) is 1. The molecule has 1 amide bonds. The molecule has 0 spiro atoms. The first kappa shape index (κ1) is 18.3. The minimum atomic E-state index is -0.413. The first-order valence-electron chi connectivity index (χ1n) is 8.19. The standard InChI is InChI=1S/C17H18ClFN4O3/c1-26-17(25)11-4-6-22(7-5-11)16(24)15-10-23(21-20-15)9-12-2-3-13(19)8-14(12)18/h2-3,8,10-11H,4-7,9H2,1H3. The zero-order valence-electron chi connectivity index (χ0n) is 14.2. The number of hydrogen-bond donors (Lipinski definition) is 0. The molecule has 26 heavy (non-hydrogen) atoms. The summed E-state index contributed by atoms with van der Waals surface area (Å²) in [7, 11) is 1.37. The summed E-state index contributed by atoms with van der Waals surface area (Å²) in [5.74, 6) is -1.05. The molecule has 138 valence electrons. The summed E-state index contributed by atoms with van der Waals surface area (Å²) in [6.07, 6.45) is 2.67. The number of rotatable bonds is 4. The van der Waals surface area contributed by atoms with E-state index in [0.29, 0.717) is 36.5 Å². The Morgan fingerprint density at radius 2 is 2.08 bits per heavy atom. The van der Waals surface area contributed by atoms with E-state index in [4.69, 9.17) is 16.3 Å². The summed E-state index contributed by atoms with van der Waals surface area (Å²) < 4.78 is 19.3. The highest BCUT2D eigenvalue weighted by Gasteiger charge is 2.29. The molecule has 0 aliphatic carbocycles. The fourth-order valence-corrected chi connectivity index (χ4v) is 3.17. The number of benzene rings is 1. The molecule has 0 unspecified atom stereocenters. The van der Waals surface area contributed by atoms with E-state index in [0.717, 1.165) is 0 Å². The highest BCUT2D eigenvalue weighted by atomic mass is 35.5. The predicted molar refractivity (Wildman–Crippen MR) is 91.2 cm³/mol. The fraction of sp³-hybridized carbons (Fsp3) is 0.412. The van der Waals surface area contributed by atoms with Gasteiger partial charge in [0.05, 0.1) is 25.8 Å². The highest BCUT2D eigenvalue weighted by molar-refractivity contribution is 6.31. The molecule has 1 aliphatic heterocycles. The van der Waals surface area contributed by atoms with Crippen LogP contribution in [0.1, 0.15) is 28.9 Å². The van der Waals surface area contributed by atoms with Crippen LogP contribution in [0.5, 0.6) is 0 Å². The van der Waals surface area contributed by atoms with Crippen LogP contribution in [0.25, 0.3) is 0 Å². The zero-order chi connectivity index (χ0) is 18.7. The lowest BCUT2D eigenvalue weighted by Gasteiger charge is -2.30. The first-order valence-corrected chi connectivity index (χ1v) is 8.57. The zero-order valence-corrected chi connectivity index (χ0v) is 14.9. The molecule has 1 aromatic heterocycles. The van der Waals surface area contributed by atoms with Gasteiger partial charge in [0.25, 0.3) is 5.91 Å². The number of methoxy groups -OCH3 is 1. The Morgan fingerprint density at radius 3 is 2.73 bits per heavy atom. The van der Waals surface area contributed by atoms with Crippen LogP contribution in [-0.4, -0.2) is 52.0 Å². The Kier molecular flexibility index (Phi) is 5.51. The minimum absolute atomic E-state index is 0.166. The van der Waals surface area contributed by atoms with Gasteiger partial charge in [0, 0.05) is 18.1 Å². The molecule has 0 atom stereocenters. The number of hydrogen-bond acceptors (Lipinski definition) is 5. The number of esters is 1. The van der Waals surface area contributed by atoms with Crippen molar-refractivity contribution >= 4 is 23.5 Å². The molecule has 0 saturated carbocycles. The smallest absolute Gasteiger partial charge is 0.308 e. The Bertz CT molecular complexity index is 818. The summed E-state index contributed by atoms with van der Waals surface area (Å²) in [6.45, 7) is 1.22. The molecule has 1 aromatic carbocycles. The molecule has 1 fully saturated rings. The van der Waals surface area contributed by atoms with E-state index in [-0.39, 0.29) is 30.0 Å². The van der Waals surface area contributed by atoms with Crippen molar-refractivity contribution in [3.63, 3.8) is 0 Å². The van der Waals surface area contributed by atoms with Crippen molar-refractivity contribution in [1.82, 2.24) is 19.9 Å². The topological polar surface area (TPSA) is 77.3 Å². The minimum Gasteiger partial charge on any atom is -0.469 e. The van der Waals surface area contributed by atoms with Crippen LogP contribution in [0.2, 0.25) is 5.02 Å². The molecule has 7 nitrogen and oxygen atoms in total. The number of aromatic nitrogens is 3. The van der Waals surface area contributed by atoms with Gasteiger partial charge >= 0.3 is 5.97 Å². The Balaban J connectivity index is 1.62. The second-order valence-corrected chi connectivity index (χ2v) is 6.53. The summed E-state index contributed by atoms with van der Waals surface area (Å²) >= 11 is 6.01. The van der Waals surface area contributed by atoms with Crippen molar-refractivity contribution in [3.05, 3.63) is 46.5 Å². The van der Waals surface area contributed by atoms with Crippen molar-refractivity contribution in [2.24, 2.45) is 5.92 Å². The normalized spacial score (nSPS) is 15.1. The number of amides is 1. The quantitative estimate of drug-likeness (QED) is 0.759. The van der Waals surface area contributed by atoms with Gasteiger partial charge in [0.1, 0.15) is 5.82 Å². The van der Waals surface area contributed by atoms with E-state index >= 15 is 0 Å². The molecular weight excluding hydrogens is 363 g/mol. The summed E-state index contributed by atoms with van der Waals surface area (Å²) in [4.78, 5) is 25.7. The van der Waals surface area contributed by atoms with Crippen LogP contribution in [0, 0.1) is 11.7 Å². The average Bonchev–Trinajstić information content (AvgIpc) is 3.11. The van der Waals surface area contributed by atoms with Crippen LogP contribution in [-0.2, 0) is 16.1 Å². The van der Waals surface area contributed by atoms with Crippen LogP contribution in [0.15, 0.2) is 24.4 Å². The third-order valence-electron chi connectivity index (χ3n) is 4.42. The molecule has 2 heterocycles. The predicted octanol–water partition coefficient (Wildman–Crippen LogP) is 2.14. The molecule has 1 saturated heterocycles. The number of nitrogens with zero attached hydrogens (tertiary/aromatic N) is 4. The van der Waals surface area contributed by atoms with Gasteiger partial charge in [-0.15, -0.1) is 5.10 Å². The molecule has 2 aromatic rings. The lowest BCUT2D eigenvalue weighted by Crippen LogP contribution is -2.40. The number of carbonyl (C=O) groups excluding carboxylic acids is 2. The number of piperidine rings is 1. The van der Waals surface area contributed by atoms with Gasteiger partial charge in [-0.1, -0.05) is 22.9 Å². The SMILES string of the molecule is COC(=O)C1CCN(C(=O)c2cn(Cc3ccc(F)cc3Cl)nn2)CC1. The summed E-state index contributed by atoms with van der Waals surface area (Å²) in [5.41, 5.74) is 0.899. The Hall–Kier alpha value is -2.48. The van der Waals surface area contributed by atoms with Gasteiger partial charge in [-0.05, 0) is 30.5 Å². The van der Waals surface area contributed by atoms with E-state index in [2.05, 4.69) is 10.3 Å². The molecule has 9 heteroatoms. The lowest BCUT2D eigenvalue weighted by atomic mass is 9.97. The maximum atomic E-state index is 13.1. The second kappa shape index (κ2) is 7.82. The summed E-state index contributed by atoms with van der Waals surface area (Å²) in [5, 5.41) is 8.15. The van der Waals surface area contributed by atoms with Crippen LogP contribution >= 0.6 is 11.6 Å². The average molecular weight is 381 g/mol. The Morgan fingerprint density at radius 1 is 1.35 bits per heavy atom. The van der Waals surface area contributed by atoms with Gasteiger partial charge in [-0.25, -0.2) is 9.07 Å². The molecule has 0 N–H and O–H groups in total. The van der Waals surface area contributed by atoms with Gasteiger partial charge in [-0.3, -0.25) is 9.59 Å². The van der Waals surface area contributed by atoms with Crippen LogP contribution < -0.4 is 0 Å². The van der Waals surface area contributed by atoms with E-state index in [1.807, 2.05) is 0 Å². The first-order chi connectivity index (χ1) is 12.5. The number of carbonyl (C=O) groups is 2. The lowest BCUT2D eigenvalue weighted by molar-refractivity contribution is -0.146. The molecule has 3 rings (SSSR count). The molecule has 0 bridgehead atoms. The fourth-order valence-electron chi connectivity index (χ4n) is 2.95. The van der Waals surface area contributed by atoms with E-state index < -0.39 is 5.82 Å². The number of likely N-dealkylation sites (tertiary alicyclic amines) is 1. The van der Waals surface area contributed by atoms with Crippen molar-refractivity contribution in [1.29, 1.82) is 0 Å². The van der Waals surface area contributed by atoms with Gasteiger partial charge in [0.2, 0.25) is 0 Å². The van der Waals surface area contributed by atoms with Gasteiger partial charge in [0.15, 0.2) is 5.69 Å². The van der Waals surface area contributed by atoms with Gasteiger partial charge in [-0.2, -0.15) is 0 Å². The van der Waals surface area contributed by atoms with Crippen molar-refractivity contribution < 1.29 is 18.7 Å². The van der Waals surface area contributed by atoms with E-state index in [1.165, 1.54) is 30.1 Å². The van der Waals surface area contributed by atoms with E-state index in [9.17, 15) is 14.0 Å². The largest absolute Gasteiger partial charge is 0.469 e. The molecular formula is C17H18ClFN4O3. The molecule has 0 radical (unpaired) electrons. The Labute approximate surface area is 154 Å².